The lowest BCUT2D eigenvalue weighted by atomic mass is 9.70. The number of carbonyl (C=O) groups excluding carboxylic acids is 1. The highest BCUT2D eigenvalue weighted by Gasteiger charge is 2.43. The molecule has 3 aromatic rings. The quantitative estimate of drug-likeness (QED) is 0.542. The Hall–Kier alpha value is -3.09. The van der Waals surface area contributed by atoms with Crippen LogP contribution in [0.1, 0.15) is 44.0 Å². The van der Waals surface area contributed by atoms with Crippen molar-refractivity contribution in [3.05, 3.63) is 57.3 Å². The van der Waals surface area contributed by atoms with E-state index in [4.69, 9.17) is 0 Å². The summed E-state index contributed by atoms with van der Waals surface area (Å²) in [5.74, 6) is 0.817. The number of H-pyrrole nitrogens is 3. The molecule has 0 saturated heterocycles. The van der Waals surface area contributed by atoms with Crippen LogP contribution in [0.5, 0.6) is 0 Å². The lowest BCUT2D eigenvalue weighted by molar-refractivity contribution is -0.118. The molecule has 0 amide bonds. The molecule has 0 unspecified atom stereocenters. The van der Waals surface area contributed by atoms with Crippen molar-refractivity contribution in [2.45, 2.75) is 32.6 Å². The molecular formula is C19H19N5O2. The number of rotatable bonds is 1. The van der Waals surface area contributed by atoms with Gasteiger partial charge in [0.25, 0.3) is 5.56 Å². The number of allylic oxidation sites excluding steroid dienone is 2. The minimum absolute atomic E-state index is 0.0699. The number of imidazole rings is 1. The molecular weight excluding hydrogens is 330 g/mol. The first kappa shape index (κ1) is 15.2. The summed E-state index contributed by atoms with van der Waals surface area (Å²) in [5, 5.41) is 8.80. The molecule has 0 saturated carbocycles. The van der Waals surface area contributed by atoms with Crippen LogP contribution in [-0.2, 0) is 4.79 Å². The van der Waals surface area contributed by atoms with Crippen LogP contribution in [0.4, 0.5) is 5.82 Å². The van der Waals surface area contributed by atoms with E-state index in [0.29, 0.717) is 29.2 Å². The number of nitrogens with zero attached hydrogens (tertiary/aromatic N) is 1. The van der Waals surface area contributed by atoms with Crippen molar-refractivity contribution in [3.63, 3.8) is 0 Å². The van der Waals surface area contributed by atoms with E-state index in [1.165, 1.54) is 0 Å². The van der Waals surface area contributed by atoms with Crippen molar-refractivity contribution >= 4 is 22.6 Å². The normalized spacial score (nSPS) is 21.5. The molecule has 132 valence electrons. The Labute approximate surface area is 148 Å². The van der Waals surface area contributed by atoms with E-state index in [9.17, 15) is 9.59 Å². The van der Waals surface area contributed by atoms with Crippen molar-refractivity contribution in [2.75, 3.05) is 5.32 Å². The van der Waals surface area contributed by atoms with Crippen LogP contribution in [0.3, 0.4) is 0 Å². The number of nitrogens with one attached hydrogen (secondary N) is 4. The van der Waals surface area contributed by atoms with Gasteiger partial charge >= 0.3 is 0 Å². The Morgan fingerprint density at radius 3 is 2.73 bits per heavy atom. The molecule has 3 heterocycles. The average Bonchev–Trinajstić information content (AvgIpc) is 3.15. The summed E-state index contributed by atoms with van der Waals surface area (Å²) in [5.41, 5.74) is 3.40. The van der Waals surface area contributed by atoms with Gasteiger partial charge in [-0.3, -0.25) is 19.8 Å². The summed E-state index contributed by atoms with van der Waals surface area (Å²) in [6.45, 7) is 4.17. The van der Waals surface area contributed by atoms with Crippen molar-refractivity contribution < 1.29 is 4.79 Å². The lowest BCUT2D eigenvalue weighted by Crippen LogP contribution is -2.35. The topological polar surface area (TPSA) is 106 Å². The second-order valence-corrected chi connectivity index (χ2v) is 7.90. The second kappa shape index (κ2) is 4.97. The monoisotopic (exact) mass is 349 g/mol. The molecule has 0 bridgehead atoms. The summed E-state index contributed by atoms with van der Waals surface area (Å²) >= 11 is 0. The molecule has 1 aromatic carbocycles. The summed E-state index contributed by atoms with van der Waals surface area (Å²) < 4.78 is 0. The van der Waals surface area contributed by atoms with Gasteiger partial charge < -0.3 is 10.3 Å². The summed E-state index contributed by atoms with van der Waals surface area (Å²) in [4.78, 5) is 33.5. The molecule has 7 nitrogen and oxygen atoms in total. The maximum Gasteiger partial charge on any atom is 0.270 e. The van der Waals surface area contributed by atoms with Crippen molar-refractivity contribution in [1.82, 2.24) is 20.2 Å². The molecule has 26 heavy (non-hydrogen) atoms. The fourth-order valence-electron chi connectivity index (χ4n) is 4.20. The van der Waals surface area contributed by atoms with Crippen LogP contribution < -0.4 is 10.9 Å². The van der Waals surface area contributed by atoms with Crippen molar-refractivity contribution in [1.29, 1.82) is 0 Å². The van der Waals surface area contributed by atoms with E-state index in [2.05, 4.69) is 39.3 Å². The predicted molar refractivity (Wildman–Crippen MR) is 98.0 cm³/mol. The van der Waals surface area contributed by atoms with E-state index in [-0.39, 0.29) is 16.8 Å². The maximum absolute atomic E-state index is 13.0. The Bertz CT molecular complexity index is 1110. The number of para-hydroxylation sites is 2. The van der Waals surface area contributed by atoms with Gasteiger partial charge in [0.15, 0.2) is 5.78 Å². The smallest absolute Gasteiger partial charge is 0.270 e. The number of benzene rings is 1. The third-order valence-corrected chi connectivity index (χ3v) is 5.27. The van der Waals surface area contributed by atoms with E-state index < -0.39 is 5.92 Å². The number of hydrogen-bond acceptors (Lipinski definition) is 4. The molecule has 0 spiro atoms. The first-order valence-electron chi connectivity index (χ1n) is 8.71. The zero-order chi connectivity index (χ0) is 18.1. The van der Waals surface area contributed by atoms with Gasteiger partial charge in [-0.2, -0.15) is 0 Å². The van der Waals surface area contributed by atoms with Crippen LogP contribution in [-0.4, -0.2) is 25.9 Å². The number of hydrogen-bond donors (Lipinski definition) is 4. The molecule has 1 atom stereocenters. The fourth-order valence-corrected chi connectivity index (χ4v) is 4.20. The van der Waals surface area contributed by atoms with Crippen LogP contribution in [0.25, 0.3) is 11.0 Å². The Morgan fingerprint density at radius 1 is 1.12 bits per heavy atom. The minimum Gasteiger partial charge on any atom is -0.343 e. The van der Waals surface area contributed by atoms with E-state index >= 15 is 0 Å². The van der Waals surface area contributed by atoms with Gasteiger partial charge in [0.2, 0.25) is 0 Å². The van der Waals surface area contributed by atoms with E-state index in [1.54, 1.807) is 0 Å². The van der Waals surface area contributed by atoms with Gasteiger partial charge in [-0.05, 0) is 24.0 Å². The molecule has 7 heteroatoms. The minimum atomic E-state index is -0.493. The number of anilines is 1. The standard InChI is InChI=1S/C19H19N5O2/c1-19(2)7-11-13(12(25)8-19)14(15-17(22-11)23-24-18(15)26)16-20-9-5-3-4-6-10(9)21-16/h3-6,14H,7-8H2,1-2H3,(H,20,21)(H3,22,23,24,26)/t14-/m0/s1. The predicted octanol–water partition coefficient (Wildman–Crippen LogP) is 2.78. The Balaban J connectivity index is 1.77. The molecule has 4 N–H and O–H groups in total. The highest BCUT2D eigenvalue weighted by atomic mass is 16.1. The van der Waals surface area contributed by atoms with E-state index in [0.717, 1.165) is 23.2 Å². The number of ketones is 1. The largest absolute Gasteiger partial charge is 0.343 e. The third kappa shape index (κ3) is 2.09. The fraction of sp³-hybridized carbons (Fsp3) is 0.316. The highest BCUT2D eigenvalue weighted by Crippen LogP contribution is 2.47. The van der Waals surface area contributed by atoms with Gasteiger partial charge in [-0.15, -0.1) is 0 Å². The number of Topliss-reactive ketones (excluding diaryl/α,β-unsaturated/α-hetero) is 1. The summed E-state index contributed by atoms with van der Waals surface area (Å²) in [6.07, 6.45) is 1.21. The number of fused-ring (bicyclic) bond motifs is 2. The number of aromatic amines is 3. The van der Waals surface area contributed by atoms with Gasteiger partial charge in [0, 0.05) is 17.7 Å². The van der Waals surface area contributed by atoms with Gasteiger partial charge in [-0.25, -0.2) is 4.98 Å². The van der Waals surface area contributed by atoms with Crippen molar-refractivity contribution in [3.8, 4) is 0 Å². The van der Waals surface area contributed by atoms with Gasteiger partial charge in [0.1, 0.15) is 11.6 Å². The number of carbonyl (C=O) groups is 1. The first-order valence-corrected chi connectivity index (χ1v) is 8.71. The van der Waals surface area contributed by atoms with Crippen LogP contribution >= 0.6 is 0 Å². The highest BCUT2D eigenvalue weighted by molar-refractivity contribution is 6.01. The number of aromatic nitrogens is 4. The molecule has 0 fully saturated rings. The third-order valence-electron chi connectivity index (χ3n) is 5.27. The van der Waals surface area contributed by atoms with Crippen LogP contribution in [0.15, 0.2) is 40.3 Å². The second-order valence-electron chi connectivity index (χ2n) is 7.90. The zero-order valence-electron chi connectivity index (χ0n) is 14.6. The Morgan fingerprint density at radius 2 is 1.92 bits per heavy atom. The molecule has 1 aliphatic carbocycles. The van der Waals surface area contributed by atoms with Gasteiger partial charge in [0.05, 0.1) is 22.5 Å². The molecule has 2 aromatic heterocycles. The maximum atomic E-state index is 13.0. The Kier molecular flexibility index (Phi) is 2.90. The lowest BCUT2D eigenvalue weighted by Gasteiger charge is -2.37. The molecule has 5 rings (SSSR count). The summed E-state index contributed by atoms with van der Waals surface area (Å²) in [6, 6.07) is 7.71. The van der Waals surface area contributed by atoms with E-state index in [1.807, 2.05) is 24.3 Å². The van der Waals surface area contributed by atoms with Crippen molar-refractivity contribution in [2.24, 2.45) is 5.41 Å². The zero-order valence-corrected chi connectivity index (χ0v) is 14.6. The molecule has 2 aliphatic rings. The van der Waals surface area contributed by atoms with Crippen LogP contribution in [0, 0.1) is 5.41 Å². The summed E-state index contributed by atoms with van der Waals surface area (Å²) in [7, 11) is 0. The van der Waals surface area contributed by atoms with Gasteiger partial charge in [-0.1, -0.05) is 26.0 Å². The first-order chi connectivity index (χ1) is 12.4. The van der Waals surface area contributed by atoms with Crippen LogP contribution in [0.2, 0.25) is 0 Å². The molecule has 1 aliphatic heterocycles. The molecule has 0 radical (unpaired) electrons. The average molecular weight is 349 g/mol. The SMILES string of the molecule is CC1(C)CC(=O)C2=C(C1)Nc1[nH][nH]c(=O)c1[C@H]2c1nc2ccccc2[nH]1.